The average Bonchev–Trinajstić information content (AvgIpc) is 2.62. The SMILES string of the molecule is CCC(CC)CN(Cc1ccc(Br)cc1)CC1CCC(CN)CC1. The quantitative estimate of drug-likeness (QED) is 0.602. The molecule has 3 heteroatoms. The monoisotopic (exact) mass is 394 g/mol. The maximum atomic E-state index is 5.85. The number of nitrogens with zero attached hydrogens (tertiary/aromatic N) is 1. The summed E-state index contributed by atoms with van der Waals surface area (Å²) in [6.07, 6.45) is 7.96. The van der Waals surface area contributed by atoms with Crippen LogP contribution in [0.1, 0.15) is 57.9 Å². The van der Waals surface area contributed by atoms with Crippen LogP contribution < -0.4 is 5.73 Å². The minimum absolute atomic E-state index is 0.778. The van der Waals surface area contributed by atoms with E-state index in [4.69, 9.17) is 5.73 Å². The summed E-state index contributed by atoms with van der Waals surface area (Å²) in [4.78, 5) is 2.72. The van der Waals surface area contributed by atoms with Crippen molar-refractivity contribution >= 4 is 15.9 Å². The average molecular weight is 395 g/mol. The lowest BCUT2D eigenvalue weighted by Crippen LogP contribution is -2.35. The summed E-state index contributed by atoms with van der Waals surface area (Å²) in [5.41, 5.74) is 7.28. The summed E-state index contributed by atoms with van der Waals surface area (Å²) in [6.45, 7) is 9.12. The van der Waals surface area contributed by atoms with Gasteiger partial charge in [-0.1, -0.05) is 54.8 Å². The minimum atomic E-state index is 0.778. The van der Waals surface area contributed by atoms with Crippen LogP contribution in [0.2, 0.25) is 0 Å². The standard InChI is InChI=1S/C21H35BrN2/c1-3-17(4-2)14-24(16-20-9-11-21(22)12-10-20)15-19-7-5-18(13-23)6-8-19/h9-12,17-19H,3-8,13-16,23H2,1-2H3. The fraction of sp³-hybridized carbons (Fsp3) is 0.714. The number of benzene rings is 1. The zero-order chi connectivity index (χ0) is 17.4. The van der Waals surface area contributed by atoms with Crippen LogP contribution in [-0.4, -0.2) is 24.5 Å². The molecule has 0 radical (unpaired) electrons. The molecule has 0 atom stereocenters. The Hall–Kier alpha value is -0.380. The van der Waals surface area contributed by atoms with Crippen LogP contribution in [0, 0.1) is 17.8 Å². The fourth-order valence-corrected chi connectivity index (χ4v) is 4.24. The number of hydrogen-bond acceptors (Lipinski definition) is 2. The molecule has 0 amide bonds. The van der Waals surface area contributed by atoms with Gasteiger partial charge in [-0.05, 0) is 67.7 Å². The van der Waals surface area contributed by atoms with E-state index in [-0.39, 0.29) is 0 Å². The molecule has 1 aromatic carbocycles. The van der Waals surface area contributed by atoms with E-state index >= 15 is 0 Å². The molecule has 1 aromatic rings. The number of hydrogen-bond donors (Lipinski definition) is 1. The Balaban J connectivity index is 1.95. The first-order valence-electron chi connectivity index (χ1n) is 9.81. The van der Waals surface area contributed by atoms with Gasteiger partial charge in [-0.15, -0.1) is 0 Å². The van der Waals surface area contributed by atoms with Gasteiger partial charge in [0.25, 0.3) is 0 Å². The third kappa shape index (κ3) is 6.50. The third-order valence-corrected chi connectivity index (χ3v) is 6.34. The summed E-state index contributed by atoms with van der Waals surface area (Å²) in [6, 6.07) is 8.85. The van der Waals surface area contributed by atoms with E-state index in [1.807, 2.05) is 0 Å². The molecule has 2 N–H and O–H groups in total. The predicted octanol–water partition coefficient (Wildman–Crippen LogP) is 5.45. The van der Waals surface area contributed by atoms with Crippen molar-refractivity contribution in [1.82, 2.24) is 4.90 Å². The van der Waals surface area contributed by atoms with Crippen LogP contribution >= 0.6 is 15.9 Å². The zero-order valence-electron chi connectivity index (χ0n) is 15.5. The second-order valence-electron chi connectivity index (χ2n) is 7.63. The zero-order valence-corrected chi connectivity index (χ0v) is 17.1. The normalized spacial score (nSPS) is 21.6. The molecular weight excluding hydrogens is 360 g/mol. The summed E-state index contributed by atoms with van der Waals surface area (Å²) in [5.74, 6) is 2.46. The molecule has 1 aliphatic carbocycles. The maximum absolute atomic E-state index is 5.85. The van der Waals surface area contributed by atoms with Crippen molar-refractivity contribution in [3.05, 3.63) is 34.3 Å². The highest BCUT2D eigenvalue weighted by Crippen LogP contribution is 2.29. The van der Waals surface area contributed by atoms with Crippen LogP contribution in [0.5, 0.6) is 0 Å². The molecule has 1 fully saturated rings. The van der Waals surface area contributed by atoms with E-state index in [1.165, 1.54) is 57.2 Å². The van der Waals surface area contributed by atoms with Gasteiger partial charge in [0.1, 0.15) is 0 Å². The van der Waals surface area contributed by atoms with Crippen molar-refractivity contribution in [1.29, 1.82) is 0 Å². The van der Waals surface area contributed by atoms with Crippen molar-refractivity contribution in [2.75, 3.05) is 19.6 Å². The van der Waals surface area contributed by atoms with E-state index in [0.29, 0.717) is 0 Å². The lowest BCUT2D eigenvalue weighted by atomic mass is 9.81. The van der Waals surface area contributed by atoms with E-state index in [2.05, 4.69) is 58.9 Å². The lowest BCUT2D eigenvalue weighted by Gasteiger charge is -2.34. The number of halogens is 1. The van der Waals surface area contributed by atoms with E-state index in [9.17, 15) is 0 Å². The van der Waals surface area contributed by atoms with Gasteiger partial charge in [0, 0.05) is 24.1 Å². The molecule has 2 rings (SSSR count). The Kier molecular flexibility index (Phi) is 8.79. The first-order valence-corrected chi connectivity index (χ1v) is 10.6. The topological polar surface area (TPSA) is 29.3 Å². The Morgan fingerprint density at radius 1 is 1.04 bits per heavy atom. The predicted molar refractivity (Wildman–Crippen MR) is 108 cm³/mol. The van der Waals surface area contributed by atoms with Crippen LogP contribution in [0.3, 0.4) is 0 Å². The van der Waals surface area contributed by atoms with E-state index in [1.54, 1.807) is 0 Å². The molecule has 0 unspecified atom stereocenters. The van der Waals surface area contributed by atoms with Crippen LogP contribution in [0.25, 0.3) is 0 Å². The van der Waals surface area contributed by atoms with Crippen molar-refractivity contribution in [2.45, 2.75) is 58.9 Å². The van der Waals surface area contributed by atoms with Gasteiger partial charge in [-0.25, -0.2) is 0 Å². The molecule has 0 spiro atoms. The molecule has 1 aliphatic rings. The molecule has 136 valence electrons. The largest absolute Gasteiger partial charge is 0.330 e. The number of nitrogens with two attached hydrogens (primary N) is 1. The van der Waals surface area contributed by atoms with Gasteiger partial charge in [0.15, 0.2) is 0 Å². The van der Waals surface area contributed by atoms with Crippen molar-refractivity contribution in [3.8, 4) is 0 Å². The van der Waals surface area contributed by atoms with Gasteiger partial charge in [0.2, 0.25) is 0 Å². The van der Waals surface area contributed by atoms with E-state index in [0.717, 1.165) is 35.3 Å². The Bertz CT molecular complexity index is 447. The van der Waals surface area contributed by atoms with Crippen molar-refractivity contribution in [2.24, 2.45) is 23.5 Å². The summed E-state index contributed by atoms with van der Waals surface area (Å²) >= 11 is 3.54. The minimum Gasteiger partial charge on any atom is -0.330 e. The Morgan fingerprint density at radius 3 is 2.17 bits per heavy atom. The number of rotatable bonds is 9. The Morgan fingerprint density at radius 2 is 1.62 bits per heavy atom. The van der Waals surface area contributed by atoms with Crippen LogP contribution in [0.15, 0.2) is 28.7 Å². The van der Waals surface area contributed by atoms with Crippen LogP contribution in [0.4, 0.5) is 0 Å². The van der Waals surface area contributed by atoms with E-state index < -0.39 is 0 Å². The fourth-order valence-electron chi connectivity index (χ4n) is 3.98. The summed E-state index contributed by atoms with van der Waals surface area (Å²) in [7, 11) is 0. The molecule has 2 nitrogen and oxygen atoms in total. The highest BCUT2D eigenvalue weighted by Gasteiger charge is 2.23. The van der Waals surface area contributed by atoms with Gasteiger partial charge in [-0.3, -0.25) is 4.90 Å². The summed E-state index contributed by atoms with van der Waals surface area (Å²) < 4.78 is 1.16. The first kappa shape index (κ1) is 19.9. The van der Waals surface area contributed by atoms with Gasteiger partial charge >= 0.3 is 0 Å². The molecule has 1 saturated carbocycles. The second-order valence-corrected chi connectivity index (χ2v) is 8.54. The second kappa shape index (κ2) is 10.6. The highest BCUT2D eigenvalue weighted by molar-refractivity contribution is 9.10. The van der Waals surface area contributed by atoms with Crippen molar-refractivity contribution < 1.29 is 0 Å². The van der Waals surface area contributed by atoms with Gasteiger partial charge in [0.05, 0.1) is 0 Å². The third-order valence-electron chi connectivity index (χ3n) is 5.81. The first-order chi connectivity index (χ1) is 11.6. The van der Waals surface area contributed by atoms with Crippen molar-refractivity contribution in [3.63, 3.8) is 0 Å². The smallest absolute Gasteiger partial charge is 0.0233 e. The molecule has 0 bridgehead atoms. The Labute approximate surface area is 157 Å². The molecular formula is C21H35BrN2. The molecule has 0 heterocycles. The molecule has 0 saturated heterocycles. The summed E-state index contributed by atoms with van der Waals surface area (Å²) in [5, 5.41) is 0. The molecule has 0 aliphatic heterocycles. The lowest BCUT2D eigenvalue weighted by molar-refractivity contribution is 0.153. The molecule has 0 aromatic heterocycles. The van der Waals surface area contributed by atoms with Crippen LogP contribution in [-0.2, 0) is 6.54 Å². The van der Waals surface area contributed by atoms with Gasteiger partial charge < -0.3 is 5.73 Å². The van der Waals surface area contributed by atoms with Gasteiger partial charge in [-0.2, -0.15) is 0 Å². The highest BCUT2D eigenvalue weighted by atomic mass is 79.9. The molecule has 24 heavy (non-hydrogen) atoms. The maximum Gasteiger partial charge on any atom is 0.0233 e.